The molecule has 7 unspecified atom stereocenters. The zero-order valence-corrected chi connectivity index (χ0v) is 41.0. The molecular formula is C55H99NO8. The monoisotopic (exact) mass is 902 g/mol. The second kappa shape index (κ2) is 44.7. The molecule has 1 fully saturated rings. The second-order valence-electron chi connectivity index (χ2n) is 18.3. The van der Waals surface area contributed by atoms with E-state index in [1.54, 1.807) is 6.08 Å². The van der Waals surface area contributed by atoms with E-state index < -0.39 is 49.5 Å². The molecule has 0 aromatic carbocycles. The van der Waals surface area contributed by atoms with Crippen molar-refractivity contribution in [1.82, 2.24) is 5.32 Å². The lowest BCUT2D eigenvalue weighted by atomic mass is 9.99. The van der Waals surface area contributed by atoms with E-state index in [2.05, 4.69) is 67.8 Å². The first-order valence-corrected chi connectivity index (χ1v) is 26.5. The Bertz CT molecular complexity index is 1180. The minimum Gasteiger partial charge on any atom is -0.394 e. The number of hydrogen-bond donors (Lipinski definition) is 6. The number of carbonyl (C=O) groups is 1. The summed E-state index contributed by atoms with van der Waals surface area (Å²) in [5.41, 5.74) is 0. The summed E-state index contributed by atoms with van der Waals surface area (Å²) >= 11 is 0. The first-order chi connectivity index (χ1) is 31.3. The molecule has 9 nitrogen and oxygen atoms in total. The molecular weight excluding hydrogens is 803 g/mol. The van der Waals surface area contributed by atoms with Crippen molar-refractivity contribution in [3.8, 4) is 0 Å². The highest BCUT2D eigenvalue weighted by atomic mass is 16.7. The number of nitrogens with one attached hydrogen (secondary N) is 1. The van der Waals surface area contributed by atoms with Crippen molar-refractivity contribution >= 4 is 5.91 Å². The third-order valence-electron chi connectivity index (χ3n) is 12.3. The standard InChI is InChI=1S/C55H99NO8/c1-3-5-7-9-11-13-15-17-19-20-21-22-23-24-25-26-27-28-29-30-31-33-35-37-39-41-43-45-51(59)56-48(47-63-55-54(62)53(61)52(60)50(46-57)64-55)49(58)44-42-40-38-36-34-32-18-16-14-12-10-8-6-4-2/h14,16,21-22,24-25,34,36,42,44,48-50,52-55,57-58,60-62H,3-13,15,17-20,23,26-33,35,37-41,43,45-47H2,1-2H3,(H,56,59)/b16-14+,22-21-,25-24-,36-34+,44-42+. The summed E-state index contributed by atoms with van der Waals surface area (Å²) in [4.78, 5) is 13.0. The van der Waals surface area contributed by atoms with Gasteiger partial charge in [0.2, 0.25) is 5.91 Å². The Kier molecular flexibility index (Phi) is 41.9. The third-order valence-corrected chi connectivity index (χ3v) is 12.3. The predicted octanol–water partition coefficient (Wildman–Crippen LogP) is 12.3. The van der Waals surface area contributed by atoms with Crippen molar-refractivity contribution in [2.75, 3.05) is 13.2 Å². The summed E-state index contributed by atoms with van der Waals surface area (Å²) in [5.74, 6) is -0.195. The summed E-state index contributed by atoms with van der Waals surface area (Å²) in [6.45, 7) is 3.73. The predicted molar refractivity (Wildman–Crippen MR) is 267 cm³/mol. The van der Waals surface area contributed by atoms with Crippen LogP contribution >= 0.6 is 0 Å². The van der Waals surface area contributed by atoms with E-state index in [4.69, 9.17) is 9.47 Å². The van der Waals surface area contributed by atoms with Gasteiger partial charge in [-0.25, -0.2) is 0 Å². The Hall–Kier alpha value is -2.11. The summed E-state index contributed by atoms with van der Waals surface area (Å²) in [6, 6.07) is -0.830. The van der Waals surface area contributed by atoms with Crippen LogP contribution < -0.4 is 5.32 Å². The van der Waals surface area contributed by atoms with Crippen molar-refractivity contribution in [2.24, 2.45) is 0 Å². The van der Waals surface area contributed by atoms with E-state index in [0.717, 1.165) is 57.8 Å². The maximum Gasteiger partial charge on any atom is 0.220 e. The van der Waals surface area contributed by atoms with Crippen LogP contribution in [0.3, 0.4) is 0 Å². The van der Waals surface area contributed by atoms with Crippen LogP contribution in [-0.4, -0.2) is 87.5 Å². The minimum atomic E-state index is -1.58. The van der Waals surface area contributed by atoms with Gasteiger partial charge in [0.05, 0.1) is 25.4 Å². The number of aliphatic hydroxyl groups is 5. The fourth-order valence-corrected chi connectivity index (χ4v) is 8.04. The van der Waals surface area contributed by atoms with Crippen LogP contribution in [-0.2, 0) is 14.3 Å². The fraction of sp³-hybridized carbons (Fsp3) is 0.800. The molecule has 1 rings (SSSR count). The van der Waals surface area contributed by atoms with Crippen LogP contribution in [0.25, 0.3) is 0 Å². The van der Waals surface area contributed by atoms with E-state index in [1.807, 2.05) is 6.08 Å². The number of aliphatic hydroxyl groups excluding tert-OH is 5. The lowest BCUT2D eigenvalue weighted by molar-refractivity contribution is -0.302. The zero-order chi connectivity index (χ0) is 46.6. The van der Waals surface area contributed by atoms with Crippen molar-refractivity contribution in [2.45, 2.75) is 269 Å². The van der Waals surface area contributed by atoms with Gasteiger partial charge in [-0.3, -0.25) is 4.79 Å². The van der Waals surface area contributed by atoms with E-state index in [0.29, 0.717) is 6.42 Å². The normalized spacial score (nSPS) is 20.5. The van der Waals surface area contributed by atoms with Gasteiger partial charge >= 0.3 is 0 Å². The largest absolute Gasteiger partial charge is 0.394 e. The van der Waals surface area contributed by atoms with Crippen LogP contribution in [0.2, 0.25) is 0 Å². The van der Waals surface area contributed by atoms with Gasteiger partial charge in [-0.05, 0) is 77.0 Å². The fourth-order valence-electron chi connectivity index (χ4n) is 8.04. The Morgan fingerprint density at radius 3 is 1.42 bits per heavy atom. The molecule has 0 aromatic heterocycles. The van der Waals surface area contributed by atoms with Crippen molar-refractivity contribution in [3.05, 3.63) is 60.8 Å². The summed E-state index contributed by atoms with van der Waals surface area (Å²) < 4.78 is 11.2. The van der Waals surface area contributed by atoms with Gasteiger partial charge < -0.3 is 40.3 Å². The highest BCUT2D eigenvalue weighted by Gasteiger charge is 2.44. The molecule has 0 spiro atoms. The van der Waals surface area contributed by atoms with Crippen LogP contribution in [0.5, 0.6) is 0 Å². The molecule has 0 radical (unpaired) electrons. The molecule has 9 heteroatoms. The van der Waals surface area contributed by atoms with Crippen molar-refractivity contribution in [1.29, 1.82) is 0 Å². The Labute approximate surface area is 392 Å². The highest BCUT2D eigenvalue weighted by molar-refractivity contribution is 5.76. The van der Waals surface area contributed by atoms with E-state index >= 15 is 0 Å². The quantitative estimate of drug-likeness (QED) is 0.0262. The number of amides is 1. The Balaban J connectivity index is 2.24. The maximum absolute atomic E-state index is 13.0. The van der Waals surface area contributed by atoms with Gasteiger partial charge in [0.15, 0.2) is 6.29 Å². The van der Waals surface area contributed by atoms with E-state index in [-0.39, 0.29) is 12.5 Å². The third kappa shape index (κ3) is 34.2. The molecule has 7 atom stereocenters. The zero-order valence-electron chi connectivity index (χ0n) is 41.0. The maximum atomic E-state index is 13.0. The highest BCUT2D eigenvalue weighted by Crippen LogP contribution is 2.23. The molecule has 0 aliphatic carbocycles. The van der Waals surface area contributed by atoms with Crippen LogP contribution in [0, 0.1) is 0 Å². The van der Waals surface area contributed by atoms with Crippen LogP contribution in [0.4, 0.5) is 0 Å². The molecule has 0 aromatic rings. The molecule has 6 N–H and O–H groups in total. The number of rotatable bonds is 44. The topological polar surface area (TPSA) is 149 Å². The lowest BCUT2D eigenvalue weighted by Crippen LogP contribution is -2.60. The Morgan fingerprint density at radius 1 is 0.531 bits per heavy atom. The lowest BCUT2D eigenvalue weighted by Gasteiger charge is -2.40. The van der Waals surface area contributed by atoms with Gasteiger partial charge in [-0.15, -0.1) is 0 Å². The summed E-state index contributed by atoms with van der Waals surface area (Å²) in [5, 5.41) is 54.3. The number of carbonyl (C=O) groups excluding carboxylic acids is 1. The van der Waals surface area contributed by atoms with Crippen LogP contribution in [0.1, 0.15) is 226 Å². The average molecular weight is 902 g/mol. The SMILES string of the molecule is CCCCCC/C=C/CC/C=C/CC/C=C/C(O)C(COC1OC(CO)C(O)C(O)C1O)NC(=O)CCCCCCCCCCCCC/C=C\C/C=C\CCCCCCCCCCC. The molecule has 64 heavy (non-hydrogen) atoms. The molecule has 1 aliphatic rings. The minimum absolute atomic E-state index is 0.195. The molecule has 1 amide bonds. The van der Waals surface area contributed by atoms with Crippen molar-refractivity contribution < 1.29 is 39.8 Å². The number of hydrogen-bond acceptors (Lipinski definition) is 8. The molecule has 0 saturated carbocycles. The number of unbranched alkanes of at least 4 members (excludes halogenated alkanes) is 26. The van der Waals surface area contributed by atoms with Crippen LogP contribution in [0.15, 0.2) is 60.8 Å². The molecule has 1 heterocycles. The van der Waals surface area contributed by atoms with E-state index in [1.165, 1.54) is 148 Å². The number of ether oxygens (including phenoxy) is 2. The smallest absolute Gasteiger partial charge is 0.220 e. The summed E-state index contributed by atoms with van der Waals surface area (Å²) in [7, 11) is 0. The molecule has 1 aliphatic heterocycles. The number of allylic oxidation sites excluding steroid dienone is 9. The summed E-state index contributed by atoms with van der Waals surface area (Å²) in [6.07, 6.45) is 52.8. The van der Waals surface area contributed by atoms with Gasteiger partial charge in [0, 0.05) is 6.42 Å². The van der Waals surface area contributed by atoms with E-state index in [9.17, 15) is 30.3 Å². The molecule has 372 valence electrons. The first kappa shape index (κ1) is 59.9. The molecule has 1 saturated heterocycles. The Morgan fingerprint density at radius 2 is 0.938 bits per heavy atom. The van der Waals surface area contributed by atoms with Crippen molar-refractivity contribution in [3.63, 3.8) is 0 Å². The molecule has 0 bridgehead atoms. The second-order valence-corrected chi connectivity index (χ2v) is 18.3. The van der Waals surface area contributed by atoms with Gasteiger partial charge in [0.25, 0.3) is 0 Å². The van der Waals surface area contributed by atoms with Gasteiger partial charge in [-0.2, -0.15) is 0 Å². The first-order valence-electron chi connectivity index (χ1n) is 26.5. The van der Waals surface area contributed by atoms with Gasteiger partial charge in [0.1, 0.15) is 24.4 Å². The average Bonchev–Trinajstić information content (AvgIpc) is 3.29. The van der Waals surface area contributed by atoms with Gasteiger partial charge in [-0.1, -0.05) is 203 Å².